The highest BCUT2D eigenvalue weighted by Crippen LogP contribution is 2.39. The van der Waals surface area contributed by atoms with Gasteiger partial charge in [-0.3, -0.25) is 0 Å². The van der Waals surface area contributed by atoms with Crippen LogP contribution in [0.3, 0.4) is 0 Å². The minimum atomic E-state index is -4.55. The molecule has 0 aliphatic heterocycles. The molecular formula is C22H23F3N2O3S. The molecular weight excluding hydrogens is 429 g/mol. The molecule has 5 nitrogen and oxygen atoms in total. The molecule has 0 radical (unpaired) electrons. The van der Waals surface area contributed by atoms with Crippen molar-refractivity contribution in [2.24, 2.45) is 0 Å². The molecule has 1 N–H and O–H groups in total. The lowest BCUT2D eigenvalue weighted by Crippen LogP contribution is -2.10. The fraction of sp³-hybridized carbons (Fsp3) is 0.364. The first kappa shape index (κ1) is 23.0. The number of para-hydroxylation sites is 1. The first-order chi connectivity index (χ1) is 15.0. The molecule has 0 unspecified atom stereocenters. The van der Waals surface area contributed by atoms with Crippen LogP contribution in [0, 0.1) is 0 Å². The molecule has 0 saturated carbocycles. The summed E-state index contributed by atoms with van der Waals surface area (Å²) < 4.78 is 51.7. The molecule has 2 aromatic carbocycles. The summed E-state index contributed by atoms with van der Waals surface area (Å²) in [4.78, 5) is 0. The molecule has 0 atom stereocenters. The molecule has 0 saturated heterocycles. The Morgan fingerprint density at radius 1 is 0.903 bits per heavy atom. The van der Waals surface area contributed by atoms with Crippen molar-refractivity contribution in [3.8, 4) is 22.1 Å². The number of alkyl halides is 3. The van der Waals surface area contributed by atoms with E-state index >= 15 is 0 Å². The third-order valence-electron chi connectivity index (χ3n) is 4.38. The van der Waals surface area contributed by atoms with Gasteiger partial charge >= 0.3 is 6.18 Å². The largest absolute Gasteiger partial charge is 0.494 e. The van der Waals surface area contributed by atoms with Gasteiger partial charge in [0.2, 0.25) is 0 Å². The molecule has 166 valence electrons. The van der Waals surface area contributed by atoms with Gasteiger partial charge in [-0.25, -0.2) is 0 Å². The number of benzene rings is 2. The van der Waals surface area contributed by atoms with Gasteiger partial charge in [0.15, 0.2) is 0 Å². The van der Waals surface area contributed by atoms with Crippen LogP contribution in [0.5, 0.6) is 11.5 Å². The minimum Gasteiger partial charge on any atom is -0.494 e. The summed E-state index contributed by atoms with van der Waals surface area (Å²) >= 11 is 1.16. The van der Waals surface area contributed by atoms with Gasteiger partial charge in [0.25, 0.3) is 0 Å². The first-order valence-electron chi connectivity index (χ1n) is 9.93. The van der Waals surface area contributed by atoms with Crippen molar-refractivity contribution in [3.63, 3.8) is 0 Å². The van der Waals surface area contributed by atoms with Gasteiger partial charge in [-0.2, -0.15) is 13.2 Å². The van der Waals surface area contributed by atoms with Crippen LogP contribution in [0.2, 0.25) is 0 Å². The highest BCUT2D eigenvalue weighted by molar-refractivity contribution is 7.14. The van der Waals surface area contributed by atoms with Crippen molar-refractivity contribution < 1.29 is 27.8 Å². The van der Waals surface area contributed by atoms with E-state index < -0.39 is 11.7 Å². The monoisotopic (exact) mass is 452 g/mol. The summed E-state index contributed by atoms with van der Waals surface area (Å²) in [5.41, 5.74) is -0.518. The molecule has 1 heterocycles. The summed E-state index contributed by atoms with van der Waals surface area (Å²) in [6.45, 7) is 0.646. The maximum Gasteiger partial charge on any atom is 0.419 e. The van der Waals surface area contributed by atoms with E-state index in [0.717, 1.165) is 36.0 Å². The summed E-state index contributed by atoms with van der Waals surface area (Å²) in [5.74, 6) is 0.601. The van der Waals surface area contributed by atoms with Crippen LogP contribution in [0.15, 0.2) is 48.5 Å². The van der Waals surface area contributed by atoms with E-state index in [1.54, 1.807) is 6.07 Å². The molecule has 0 spiro atoms. The summed E-state index contributed by atoms with van der Waals surface area (Å²) in [7, 11) is 0. The standard InChI is InChI=1S/C22H23F3N2O3S/c23-22(24,25)18-15-16(21-27-26-20(31-21)11-12-28)9-10-19(18)30-14-6-2-5-13-29-17-7-3-1-4-8-17/h1,3-4,7-10,15,28H,2,5-6,11-14H2. The zero-order valence-corrected chi connectivity index (χ0v) is 17.6. The number of hydrogen-bond acceptors (Lipinski definition) is 6. The fourth-order valence-electron chi connectivity index (χ4n) is 2.85. The van der Waals surface area contributed by atoms with E-state index in [-0.39, 0.29) is 19.0 Å². The molecule has 0 aliphatic rings. The summed E-state index contributed by atoms with van der Waals surface area (Å²) in [6.07, 6.45) is -2.03. The van der Waals surface area contributed by atoms with Crippen molar-refractivity contribution in [1.82, 2.24) is 10.2 Å². The predicted octanol–water partition coefficient (Wildman–Crippen LogP) is 5.39. The van der Waals surface area contributed by atoms with Crippen molar-refractivity contribution in [3.05, 3.63) is 59.1 Å². The van der Waals surface area contributed by atoms with E-state index in [0.29, 0.717) is 35.0 Å². The van der Waals surface area contributed by atoms with E-state index in [1.807, 2.05) is 30.3 Å². The van der Waals surface area contributed by atoms with E-state index in [4.69, 9.17) is 14.6 Å². The second kappa shape index (κ2) is 11.1. The predicted molar refractivity (Wildman–Crippen MR) is 112 cm³/mol. The van der Waals surface area contributed by atoms with Crippen molar-refractivity contribution in [2.75, 3.05) is 19.8 Å². The van der Waals surface area contributed by atoms with Crippen LogP contribution < -0.4 is 9.47 Å². The summed E-state index contributed by atoms with van der Waals surface area (Å²) in [6, 6.07) is 13.4. The Bertz CT molecular complexity index is 949. The number of nitrogens with zero attached hydrogens (tertiary/aromatic N) is 2. The van der Waals surface area contributed by atoms with E-state index in [2.05, 4.69) is 10.2 Å². The lowest BCUT2D eigenvalue weighted by Gasteiger charge is -2.15. The second-order valence-corrected chi connectivity index (χ2v) is 7.82. The lowest BCUT2D eigenvalue weighted by atomic mass is 10.1. The Morgan fingerprint density at radius 3 is 2.35 bits per heavy atom. The number of halogens is 3. The van der Waals surface area contributed by atoms with Crippen LogP contribution in [0.25, 0.3) is 10.6 Å². The van der Waals surface area contributed by atoms with Crippen molar-refractivity contribution >= 4 is 11.3 Å². The Balaban J connectivity index is 1.52. The maximum atomic E-state index is 13.5. The lowest BCUT2D eigenvalue weighted by molar-refractivity contribution is -0.138. The quantitative estimate of drug-likeness (QED) is 0.396. The van der Waals surface area contributed by atoms with Gasteiger partial charge in [-0.05, 0) is 49.6 Å². The number of rotatable bonds is 11. The van der Waals surface area contributed by atoms with Gasteiger partial charge in [-0.1, -0.05) is 29.5 Å². The Morgan fingerprint density at radius 2 is 1.65 bits per heavy atom. The summed E-state index contributed by atoms with van der Waals surface area (Å²) in [5, 5.41) is 17.7. The van der Waals surface area contributed by atoms with Crippen LogP contribution in [0.4, 0.5) is 13.2 Å². The van der Waals surface area contributed by atoms with E-state index in [9.17, 15) is 13.2 Å². The molecule has 0 bridgehead atoms. The normalized spacial score (nSPS) is 11.5. The molecule has 0 aliphatic carbocycles. The second-order valence-electron chi connectivity index (χ2n) is 6.75. The average molecular weight is 452 g/mol. The third kappa shape index (κ3) is 6.93. The Hall–Kier alpha value is -2.65. The molecule has 9 heteroatoms. The molecule has 3 aromatic rings. The van der Waals surface area contributed by atoms with Crippen molar-refractivity contribution in [1.29, 1.82) is 0 Å². The number of ether oxygens (including phenoxy) is 2. The van der Waals surface area contributed by atoms with Crippen LogP contribution in [0.1, 0.15) is 29.8 Å². The molecule has 3 rings (SSSR count). The van der Waals surface area contributed by atoms with Gasteiger partial charge < -0.3 is 14.6 Å². The molecule has 31 heavy (non-hydrogen) atoms. The Labute approximate surface area is 182 Å². The van der Waals surface area contributed by atoms with Gasteiger partial charge in [0, 0.05) is 18.6 Å². The fourth-order valence-corrected chi connectivity index (χ4v) is 3.67. The highest BCUT2D eigenvalue weighted by atomic mass is 32.1. The van der Waals surface area contributed by atoms with Crippen LogP contribution in [-0.2, 0) is 12.6 Å². The SMILES string of the molecule is OCCc1nnc(-c2ccc(OCCCCCOc3ccccc3)c(C(F)(F)F)c2)s1. The Kier molecular flexibility index (Phi) is 8.25. The minimum absolute atomic E-state index is 0.0897. The number of aliphatic hydroxyl groups is 1. The van der Waals surface area contributed by atoms with Gasteiger partial charge in [0.05, 0.1) is 18.8 Å². The number of aromatic nitrogens is 2. The third-order valence-corrected chi connectivity index (χ3v) is 5.41. The molecule has 0 amide bonds. The van der Waals surface area contributed by atoms with Crippen LogP contribution in [-0.4, -0.2) is 35.1 Å². The van der Waals surface area contributed by atoms with Gasteiger partial charge in [-0.15, -0.1) is 10.2 Å². The smallest absolute Gasteiger partial charge is 0.419 e. The topological polar surface area (TPSA) is 64.5 Å². The number of aliphatic hydroxyl groups excluding tert-OH is 1. The van der Waals surface area contributed by atoms with Crippen molar-refractivity contribution in [2.45, 2.75) is 31.9 Å². The first-order valence-corrected chi connectivity index (χ1v) is 10.7. The molecule has 0 fully saturated rings. The zero-order chi connectivity index (χ0) is 22.1. The van der Waals surface area contributed by atoms with E-state index in [1.165, 1.54) is 6.07 Å². The van der Waals surface area contributed by atoms with Gasteiger partial charge in [0.1, 0.15) is 21.5 Å². The maximum absolute atomic E-state index is 13.5. The number of unbranched alkanes of at least 4 members (excludes halogenated alkanes) is 2. The average Bonchev–Trinajstić information content (AvgIpc) is 3.22. The zero-order valence-electron chi connectivity index (χ0n) is 16.8. The van der Waals surface area contributed by atoms with Crippen LogP contribution >= 0.6 is 11.3 Å². The molecule has 1 aromatic heterocycles. The highest BCUT2D eigenvalue weighted by Gasteiger charge is 2.35. The number of hydrogen-bond donors (Lipinski definition) is 1.